The van der Waals surface area contributed by atoms with Gasteiger partial charge >= 0.3 is 5.97 Å². The van der Waals surface area contributed by atoms with Crippen molar-refractivity contribution in [1.29, 1.82) is 0 Å². The molecule has 104 valence electrons. The van der Waals surface area contributed by atoms with Gasteiger partial charge in [0.15, 0.2) is 5.82 Å². The molecule has 0 bridgehead atoms. The van der Waals surface area contributed by atoms with Crippen LogP contribution in [-0.4, -0.2) is 25.8 Å². The van der Waals surface area contributed by atoms with Gasteiger partial charge in [-0.2, -0.15) is 5.10 Å². The van der Waals surface area contributed by atoms with Gasteiger partial charge in [0, 0.05) is 18.0 Å². The van der Waals surface area contributed by atoms with E-state index in [1.165, 1.54) is 29.1 Å². The van der Waals surface area contributed by atoms with Gasteiger partial charge in [-0.25, -0.2) is 18.9 Å². The standard InChI is InChI=1S/C15H10FN3O2/c16-11-5-3-4-10(8-11)14-12(15(20)21)9-19(18-14)13-6-1-2-7-17-13/h1-9H,(H,20,21). The van der Waals surface area contributed by atoms with Crippen LogP contribution in [0.2, 0.25) is 0 Å². The van der Waals surface area contributed by atoms with Crippen molar-refractivity contribution in [3.05, 3.63) is 66.2 Å². The Labute approximate surface area is 119 Å². The first kappa shape index (κ1) is 13.0. The van der Waals surface area contributed by atoms with E-state index in [9.17, 15) is 14.3 Å². The van der Waals surface area contributed by atoms with Crippen LogP contribution in [0.15, 0.2) is 54.9 Å². The molecule has 0 aliphatic heterocycles. The number of carbonyl (C=O) groups is 1. The van der Waals surface area contributed by atoms with E-state index in [0.717, 1.165) is 0 Å². The highest BCUT2D eigenvalue weighted by Crippen LogP contribution is 2.24. The summed E-state index contributed by atoms with van der Waals surface area (Å²) >= 11 is 0. The molecule has 0 atom stereocenters. The fraction of sp³-hybridized carbons (Fsp3) is 0. The lowest BCUT2D eigenvalue weighted by atomic mass is 10.1. The van der Waals surface area contributed by atoms with Crippen LogP contribution in [0.3, 0.4) is 0 Å². The second-order valence-electron chi connectivity index (χ2n) is 4.34. The average molecular weight is 283 g/mol. The Morgan fingerprint density at radius 2 is 2.05 bits per heavy atom. The lowest BCUT2D eigenvalue weighted by Crippen LogP contribution is -1.97. The summed E-state index contributed by atoms with van der Waals surface area (Å²) in [7, 11) is 0. The van der Waals surface area contributed by atoms with Crippen molar-refractivity contribution in [3.8, 4) is 17.1 Å². The molecular formula is C15H10FN3O2. The second kappa shape index (κ2) is 5.16. The van der Waals surface area contributed by atoms with Gasteiger partial charge in [0.1, 0.15) is 17.1 Å². The predicted molar refractivity (Wildman–Crippen MR) is 73.7 cm³/mol. The molecular weight excluding hydrogens is 273 g/mol. The van der Waals surface area contributed by atoms with E-state index in [4.69, 9.17) is 0 Å². The summed E-state index contributed by atoms with van der Waals surface area (Å²) < 4.78 is 14.7. The smallest absolute Gasteiger partial charge is 0.339 e. The van der Waals surface area contributed by atoms with E-state index in [1.54, 1.807) is 30.5 Å². The lowest BCUT2D eigenvalue weighted by Gasteiger charge is -1.99. The molecule has 3 rings (SSSR count). The zero-order valence-electron chi connectivity index (χ0n) is 10.8. The van der Waals surface area contributed by atoms with Gasteiger partial charge in [-0.3, -0.25) is 0 Å². The van der Waals surface area contributed by atoms with Crippen LogP contribution in [0.1, 0.15) is 10.4 Å². The van der Waals surface area contributed by atoms with Crippen LogP contribution in [0.25, 0.3) is 17.1 Å². The maximum atomic E-state index is 13.3. The summed E-state index contributed by atoms with van der Waals surface area (Å²) in [5.41, 5.74) is 0.598. The first-order valence-electron chi connectivity index (χ1n) is 6.15. The first-order valence-corrected chi connectivity index (χ1v) is 6.15. The number of carboxylic acids is 1. The molecule has 1 aromatic carbocycles. The van der Waals surface area contributed by atoms with E-state index in [-0.39, 0.29) is 11.3 Å². The number of hydrogen-bond donors (Lipinski definition) is 1. The minimum atomic E-state index is -1.13. The number of pyridine rings is 1. The van der Waals surface area contributed by atoms with Crippen molar-refractivity contribution in [1.82, 2.24) is 14.8 Å². The van der Waals surface area contributed by atoms with Gasteiger partial charge < -0.3 is 5.11 Å². The summed E-state index contributed by atoms with van der Waals surface area (Å²) in [4.78, 5) is 15.5. The molecule has 0 saturated heterocycles. The van der Waals surface area contributed by atoms with Gasteiger partial charge in [-0.15, -0.1) is 0 Å². The molecule has 0 saturated carbocycles. The fourth-order valence-electron chi connectivity index (χ4n) is 1.99. The highest BCUT2D eigenvalue weighted by atomic mass is 19.1. The zero-order chi connectivity index (χ0) is 14.8. The number of aromatic nitrogens is 3. The molecule has 21 heavy (non-hydrogen) atoms. The van der Waals surface area contributed by atoms with Crippen molar-refractivity contribution in [2.45, 2.75) is 0 Å². The molecule has 1 N–H and O–H groups in total. The number of benzene rings is 1. The molecule has 0 radical (unpaired) electrons. The average Bonchev–Trinajstić information content (AvgIpc) is 2.93. The molecule has 0 amide bonds. The third-order valence-corrected chi connectivity index (χ3v) is 2.93. The maximum Gasteiger partial charge on any atom is 0.339 e. The van der Waals surface area contributed by atoms with Crippen LogP contribution < -0.4 is 0 Å². The number of carboxylic acid groups (broad SMARTS) is 1. The van der Waals surface area contributed by atoms with Crippen molar-refractivity contribution < 1.29 is 14.3 Å². The van der Waals surface area contributed by atoms with Gasteiger partial charge in [-0.05, 0) is 24.3 Å². The molecule has 0 aliphatic rings. The normalized spacial score (nSPS) is 10.5. The Bertz CT molecular complexity index is 800. The summed E-state index contributed by atoms with van der Waals surface area (Å²) in [5.74, 6) is -1.09. The molecule has 0 aliphatic carbocycles. The van der Waals surface area contributed by atoms with E-state index in [0.29, 0.717) is 11.4 Å². The number of hydrogen-bond acceptors (Lipinski definition) is 3. The molecule has 2 aromatic heterocycles. The Morgan fingerprint density at radius 3 is 2.71 bits per heavy atom. The Kier molecular flexibility index (Phi) is 3.19. The minimum absolute atomic E-state index is 0.00810. The SMILES string of the molecule is O=C(O)c1cn(-c2ccccn2)nc1-c1cccc(F)c1. The van der Waals surface area contributed by atoms with Crippen LogP contribution >= 0.6 is 0 Å². The van der Waals surface area contributed by atoms with Gasteiger partial charge in [0.05, 0.1) is 0 Å². The molecule has 0 spiro atoms. The Hall–Kier alpha value is -3.02. The first-order chi connectivity index (χ1) is 10.1. The number of nitrogens with zero attached hydrogens (tertiary/aromatic N) is 3. The largest absolute Gasteiger partial charge is 0.478 e. The predicted octanol–water partition coefficient (Wildman–Crippen LogP) is 2.77. The molecule has 3 aromatic rings. The van der Waals surface area contributed by atoms with E-state index >= 15 is 0 Å². The summed E-state index contributed by atoms with van der Waals surface area (Å²) in [6.07, 6.45) is 2.95. The minimum Gasteiger partial charge on any atom is -0.478 e. The quantitative estimate of drug-likeness (QED) is 0.802. The van der Waals surface area contributed by atoms with E-state index in [1.807, 2.05) is 0 Å². The van der Waals surface area contributed by atoms with Crippen molar-refractivity contribution in [2.24, 2.45) is 0 Å². The summed E-state index contributed by atoms with van der Waals surface area (Å²) in [6.45, 7) is 0. The molecule has 5 nitrogen and oxygen atoms in total. The molecule has 2 heterocycles. The third kappa shape index (κ3) is 2.51. The van der Waals surface area contributed by atoms with Crippen LogP contribution in [-0.2, 0) is 0 Å². The second-order valence-corrected chi connectivity index (χ2v) is 4.34. The van der Waals surface area contributed by atoms with Crippen molar-refractivity contribution >= 4 is 5.97 Å². The summed E-state index contributed by atoms with van der Waals surface area (Å²) in [6, 6.07) is 10.9. The summed E-state index contributed by atoms with van der Waals surface area (Å²) in [5, 5.41) is 13.5. The fourth-order valence-corrected chi connectivity index (χ4v) is 1.99. The van der Waals surface area contributed by atoms with Crippen molar-refractivity contribution in [3.63, 3.8) is 0 Å². The molecule has 0 fully saturated rings. The number of aromatic carboxylic acids is 1. The van der Waals surface area contributed by atoms with Gasteiger partial charge in [0.25, 0.3) is 0 Å². The van der Waals surface area contributed by atoms with Gasteiger partial charge in [0.2, 0.25) is 0 Å². The van der Waals surface area contributed by atoms with Crippen LogP contribution in [0.4, 0.5) is 4.39 Å². The number of rotatable bonds is 3. The monoisotopic (exact) mass is 283 g/mol. The van der Waals surface area contributed by atoms with Crippen LogP contribution in [0.5, 0.6) is 0 Å². The lowest BCUT2D eigenvalue weighted by molar-refractivity contribution is 0.0697. The number of halogens is 1. The highest BCUT2D eigenvalue weighted by molar-refractivity contribution is 5.94. The van der Waals surface area contributed by atoms with E-state index < -0.39 is 11.8 Å². The maximum absolute atomic E-state index is 13.3. The Balaban J connectivity index is 2.16. The van der Waals surface area contributed by atoms with Crippen molar-refractivity contribution in [2.75, 3.05) is 0 Å². The molecule has 0 unspecified atom stereocenters. The Morgan fingerprint density at radius 1 is 1.19 bits per heavy atom. The zero-order valence-corrected chi connectivity index (χ0v) is 10.8. The van der Waals surface area contributed by atoms with E-state index in [2.05, 4.69) is 10.1 Å². The highest BCUT2D eigenvalue weighted by Gasteiger charge is 2.18. The van der Waals surface area contributed by atoms with Gasteiger partial charge in [-0.1, -0.05) is 18.2 Å². The van der Waals surface area contributed by atoms with Crippen LogP contribution in [0, 0.1) is 5.82 Å². The topological polar surface area (TPSA) is 68.0 Å². The third-order valence-electron chi connectivity index (χ3n) is 2.93. The molecule has 6 heteroatoms.